The first-order valence-corrected chi connectivity index (χ1v) is 7.19. The highest BCUT2D eigenvalue weighted by molar-refractivity contribution is 5.37. The first-order valence-electron chi connectivity index (χ1n) is 7.19. The lowest BCUT2D eigenvalue weighted by molar-refractivity contribution is 0.199. The van der Waals surface area contributed by atoms with E-state index in [1.54, 1.807) is 7.11 Å². The van der Waals surface area contributed by atoms with E-state index in [0.29, 0.717) is 11.8 Å². The van der Waals surface area contributed by atoms with Crippen LogP contribution in [-0.4, -0.2) is 38.7 Å². The summed E-state index contributed by atoms with van der Waals surface area (Å²) in [5.74, 6) is 2.13. The van der Waals surface area contributed by atoms with Crippen molar-refractivity contribution in [2.45, 2.75) is 25.7 Å². The van der Waals surface area contributed by atoms with Crippen LogP contribution in [0, 0.1) is 12.8 Å². The van der Waals surface area contributed by atoms with Crippen molar-refractivity contribution in [3.05, 3.63) is 29.3 Å². The summed E-state index contributed by atoms with van der Waals surface area (Å²) in [6.45, 7) is 5.28. The lowest BCUT2D eigenvalue weighted by Gasteiger charge is -2.34. The summed E-state index contributed by atoms with van der Waals surface area (Å²) in [6, 6.07) is 6.37. The Hall–Kier alpha value is -1.06. The van der Waals surface area contributed by atoms with Crippen molar-refractivity contribution in [2.24, 2.45) is 11.7 Å². The van der Waals surface area contributed by atoms with E-state index in [1.807, 2.05) is 0 Å². The average molecular weight is 262 g/mol. The van der Waals surface area contributed by atoms with Gasteiger partial charge in [0.25, 0.3) is 0 Å². The molecule has 2 N–H and O–H groups in total. The summed E-state index contributed by atoms with van der Waals surface area (Å²) in [7, 11) is 3.91. The van der Waals surface area contributed by atoms with E-state index in [-0.39, 0.29) is 0 Å². The molecule has 0 saturated carbocycles. The van der Waals surface area contributed by atoms with Gasteiger partial charge in [0.1, 0.15) is 5.75 Å². The second-order valence-electron chi connectivity index (χ2n) is 5.71. The van der Waals surface area contributed by atoms with Crippen molar-refractivity contribution in [1.29, 1.82) is 0 Å². The standard InChI is InChI=1S/C16H26N2O/c1-12-10-14(19-3)4-5-15(12)16(11-17)13-6-8-18(2)9-7-13/h4-5,10,13,16H,6-9,11,17H2,1-3H3. The number of rotatable bonds is 4. The Labute approximate surface area is 116 Å². The van der Waals surface area contributed by atoms with Crippen LogP contribution in [0.2, 0.25) is 0 Å². The van der Waals surface area contributed by atoms with Crippen molar-refractivity contribution in [3.8, 4) is 5.75 Å². The number of piperidine rings is 1. The first-order chi connectivity index (χ1) is 9.15. The van der Waals surface area contributed by atoms with Crippen LogP contribution in [0.5, 0.6) is 5.75 Å². The smallest absolute Gasteiger partial charge is 0.119 e. The topological polar surface area (TPSA) is 38.5 Å². The minimum absolute atomic E-state index is 0.486. The molecule has 0 spiro atoms. The predicted molar refractivity (Wildman–Crippen MR) is 79.7 cm³/mol. The van der Waals surface area contributed by atoms with E-state index < -0.39 is 0 Å². The summed E-state index contributed by atoms with van der Waals surface area (Å²) in [4.78, 5) is 2.41. The highest BCUT2D eigenvalue weighted by atomic mass is 16.5. The van der Waals surface area contributed by atoms with Crippen molar-refractivity contribution >= 4 is 0 Å². The number of aryl methyl sites for hydroxylation is 1. The summed E-state index contributed by atoms with van der Waals surface area (Å²) >= 11 is 0. The number of benzene rings is 1. The maximum atomic E-state index is 6.06. The third kappa shape index (κ3) is 3.28. The van der Waals surface area contributed by atoms with E-state index in [4.69, 9.17) is 10.5 Å². The number of methoxy groups -OCH3 is 1. The molecule has 19 heavy (non-hydrogen) atoms. The molecule has 1 aromatic carbocycles. The molecule has 1 unspecified atom stereocenters. The SMILES string of the molecule is COc1ccc(C(CN)C2CCN(C)CC2)c(C)c1. The molecule has 0 aromatic heterocycles. The van der Waals surface area contributed by atoms with Crippen molar-refractivity contribution in [1.82, 2.24) is 4.90 Å². The zero-order valence-corrected chi connectivity index (χ0v) is 12.4. The highest BCUT2D eigenvalue weighted by Gasteiger charge is 2.26. The molecule has 3 heteroatoms. The average Bonchev–Trinajstić information content (AvgIpc) is 2.43. The second kappa shape index (κ2) is 6.40. The van der Waals surface area contributed by atoms with Gasteiger partial charge >= 0.3 is 0 Å². The van der Waals surface area contributed by atoms with Crippen LogP contribution < -0.4 is 10.5 Å². The van der Waals surface area contributed by atoms with Crippen LogP contribution in [0.1, 0.15) is 29.9 Å². The van der Waals surface area contributed by atoms with E-state index in [2.05, 4.69) is 37.1 Å². The Bertz CT molecular complexity index is 411. The third-order valence-corrected chi connectivity index (χ3v) is 4.46. The number of nitrogens with zero attached hydrogens (tertiary/aromatic N) is 1. The number of nitrogens with two attached hydrogens (primary N) is 1. The molecule has 1 aromatic rings. The van der Waals surface area contributed by atoms with Gasteiger partial charge in [-0.3, -0.25) is 0 Å². The van der Waals surface area contributed by atoms with Crippen LogP contribution in [0.3, 0.4) is 0 Å². The van der Waals surface area contributed by atoms with Gasteiger partial charge < -0.3 is 15.4 Å². The Balaban J connectivity index is 2.17. The van der Waals surface area contributed by atoms with E-state index in [1.165, 1.54) is 37.1 Å². The van der Waals surface area contributed by atoms with Gasteiger partial charge in [-0.1, -0.05) is 6.07 Å². The maximum Gasteiger partial charge on any atom is 0.119 e. The number of likely N-dealkylation sites (tertiary alicyclic amines) is 1. The molecule has 2 rings (SSSR count). The number of hydrogen-bond acceptors (Lipinski definition) is 3. The fourth-order valence-electron chi connectivity index (χ4n) is 3.20. The van der Waals surface area contributed by atoms with Crippen LogP contribution in [-0.2, 0) is 0 Å². The fraction of sp³-hybridized carbons (Fsp3) is 0.625. The van der Waals surface area contributed by atoms with Crippen LogP contribution in [0.4, 0.5) is 0 Å². The largest absolute Gasteiger partial charge is 0.497 e. The quantitative estimate of drug-likeness (QED) is 0.905. The summed E-state index contributed by atoms with van der Waals surface area (Å²) < 4.78 is 5.29. The fourth-order valence-corrected chi connectivity index (χ4v) is 3.20. The van der Waals surface area contributed by atoms with Gasteiger partial charge in [-0.25, -0.2) is 0 Å². The van der Waals surface area contributed by atoms with Gasteiger partial charge in [0.2, 0.25) is 0 Å². The van der Waals surface area contributed by atoms with Crippen LogP contribution >= 0.6 is 0 Å². The van der Waals surface area contributed by atoms with Gasteiger partial charge in [-0.2, -0.15) is 0 Å². The minimum atomic E-state index is 0.486. The molecule has 106 valence electrons. The first kappa shape index (κ1) is 14.4. The van der Waals surface area contributed by atoms with Gasteiger partial charge in [0, 0.05) is 0 Å². The number of ether oxygens (including phenoxy) is 1. The van der Waals surface area contributed by atoms with E-state index in [0.717, 1.165) is 12.3 Å². The third-order valence-electron chi connectivity index (χ3n) is 4.46. The predicted octanol–water partition coefficient (Wildman–Crippen LogP) is 2.39. The molecule has 0 aliphatic carbocycles. The zero-order valence-electron chi connectivity index (χ0n) is 12.4. The van der Waals surface area contributed by atoms with Gasteiger partial charge in [-0.15, -0.1) is 0 Å². The molecule has 0 bridgehead atoms. The Morgan fingerprint density at radius 3 is 2.58 bits per heavy atom. The summed E-state index contributed by atoms with van der Waals surface area (Å²) in [5.41, 5.74) is 8.77. The second-order valence-corrected chi connectivity index (χ2v) is 5.71. The molecule has 1 aliphatic rings. The monoisotopic (exact) mass is 262 g/mol. The molecular formula is C16H26N2O. The van der Waals surface area contributed by atoms with Gasteiger partial charge in [-0.05, 0) is 81.5 Å². The maximum absolute atomic E-state index is 6.06. The molecular weight excluding hydrogens is 236 g/mol. The normalized spacial score (nSPS) is 19.4. The van der Waals surface area contributed by atoms with Crippen LogP contribution in [0.15, 0.2) is 18.2 Å². The molecule has 1 atom stereocenters. The molecule has 0 amide bonds. The Kier molecular flexibility index (Phi) is 4.83. The molecule has 1 heterocycles. The molecule has 1 saturated heterocycles. The number of hydrogen-bond donors (Lipinski definition) is 1. The van der Waals surface area contributed by atoms with Crippen LogP contribution in [0.25, 0.3) is 0 Å². The van der Waals surface area contributed by atoms with Gasteiger partial charge in [0.05, 0.1) is 7.11 Å². The Morgan fingerprint density at radius 1 is 1.37 bits per heavy atom. The Morgan fingerprint density at radius 2 is 2.05 bits per heavy atom. The van der Waals surface area contributed by atoms with E-state index in [9.17, 15) is 0 Å². The molecule has 3 nitrogen and oxygen atoms in total. The van der Waals surface area contributed by atoms with E-state index >= 15 is 0 Å². The lowest BCUT2D eigenvalue weighted by Crippen LogP contribution is -2.35. The summed E-state index contributed by atoms with van der Waals surface area (Å²) in [6.07, 6.45) is 2.51. The van der Waals surface area contributed by atoms with Gasteiger partial charge in [0.15, 0.2) is 0 Å². The molecule has 1 aliphatic heterocycles. The zero-order chi connectivity index (χ0) is 13.8. The highest BCUT2D eigenvalue weighted by Crippen LogP contribution is 2.34. The minimum Gasteiger partial charge on any atom is -0.497 e. The van der Waals surface area contributed by atoms with Crippen molar-refractivity contribution in [2.75, 3.05) is 33.8 Å². The summed E-state index contributed by atoms with van der Waals surface area (Å²) in [5, 5.41) is 0. The van der Waals surface area contributed by atoms with Crippen molar-refractivity contribution < 1.29 is 4.74 Å². The molecule has 0 radical (unpaired) electrons. The molecule has 1 fully saturated rings. The van der Waals surface area contributed by atoms with Crippen molar-refractivity contribution in [3.63, 3.8) is 0 Å². The lowest BCUT2D eigenvalue weighted by atomic mass is 9.79.